The SMILES string of the molecule is Cc1ccc(-n2nc(C(C)(C)C)cc2NC(=O)Nc2ccccc2C(C(=O)Cc2ccc(F)cc2)C2CCNCC2)cc1. The third-order valence-corrected chi connectivity index (χ3v) is 8.04. The van der Waals surface area contributed by atoms with E-state index in [0.29, 0.717) is 11.5 Å². The van der Waals surface area contributed by atoms with Crippen LogP contribution in [0.2, 0.25) is 0 Å². The molecule has 0 aliphatic carbocycles. The zero-order valence-electron chi connectivity index (χ0n) is 25.3. The smallest absolute Gasteiger partial charge is 0.317 e. The molecule has 2 heterocycles. The van der Waals surface area contributed by atoms with Crippen molar-refractivity contribution in [1.29, 1.82) is 0 Å². The quantitative estimate of drug-likeness (QED) is 0.206. The van der Waals surface area contributed by atoms with Gasteiger partial charge in [-0.15, -0.1) is 0 Å². The fraction of sp³-hybridized carbons (Fsp3) is 0.343. The molecule has 7 nitrogen and oxygen atoms in total. The number of aromatic nitrogens is 2. The van der Waals surface area contributed by atoms with Crippen LogP contribution in [0.25, 0.3) is 5.69 Å². The van der Waals surface area contributed by atoms with Crippen LogP contribution in [0.5, 0.6) is 0 Å². The first-order valence-electron chi connectivity index (χ1n) is 14.9. The van der Waals surface area contributed by atoms with Crippen molar-refractivity contribution in [1.82, 2.24) is 15.1 Å². The van der Waals surface area contributed by atoms with E-state index in [1.807, 2.05) is 61.5 Å². The number of urea groups is 1. The van der Waals surface area contributed by atoms with Gasteiger partial charge in [0.05, 0.1) is 11.4 Å². The van der Waals surface area contributed by atoms with Gasteiger partial charge in [0.25, 0.3) is 0 Å². The Bertz CT molecular complexity index is 1570. The number of benzene rings is 3. The van der Waals surface area contributed by atoms with E-state index >= 15 is 0 Å². The van der Waals surface area contributed by atoms with Crippen LogP contribution in [0.3, 0.4) is 0 Å². The fourth-order valence-corrected chi connectivity index (χ4v) is 5.65. The maximum atomic E-state index is 13.9. The van der Waals surface area contributed by atoms with Crippen LogP contribution in [0.1, 0.15) is 61.9 Å². The first kappa shape index (κ1) is 30.2. The largest absolute Gasteiger partial charge is 0.324 e. The lowest BCUT2D eigenvalue weighted by Gasteiger charge is -2.31. The molecule has 2 amide bonds. The number of carbonyl (C=O) groups is 2. The maximum absolute atomic E-state index is 13.9. The molecule has 224 valence electrons. The molecule has 1 aliphatic rings. The summed E-state index contributed by atoms with van der Waals surface area (Å²) in [6, 6.07) is 23.1. The van der Waals surface area contributed by atoms with Gasteiger partial charge in [0, 0.05) is 29.5 Å². The molecule has 1 aliphatic heterocycles. The van der Waals surface area contributed by atoms with E-state index in [1.54, 1.807) is 16.8 Å². The van der Waals surface area contributed by atoms with Crippen molar-refractivity contribution in [3.05, 3.63) is 107 Å². The van der Waals surface area contributed by atoms with Crippen LogP contribution < -0.4 is 16.0 Å². The van der Waals surface area contributed by atoms with E-state index in [-0.39, 0.29) is 29.4 Å². The van der Waals surface area contributed by atoms with Crippen molar-refractivity contribution in [2.45, 2.75) is 58.3 Å². The highest BCUT2D eigenvalue weighted by Gasteiger charge is 2.33. The minimum Gasteiger partial charge on any atom is -0.317 e. The molecular weight excluding hydrogens is 541 g/mol. The topological polar surface area (TPSA) is 88.1 Å². The predicted molar refractivity (Wildman–Crippen MR) is 170 cm³/mol. The Labute approximate surface area is 252 Å². The summed E-state index contributed by atoms with van der Waals surface area (Å²) in [5, 5.41) is 14.2. The Morgan fingerprint density at radius 3 is 2.33 bits per heavy atom. The summed E-state index contributed by atoms with van der Waals surface area (Å²) in [5.74, 6) is -0.0109. The van der Waals surface area contributed by atoms with Crippen LogP contribution in [0.15, 0.2) is 78.9 Å². The number of amides is 2. The molecule has 0 radical (unpaired) electrons. The minimum atomic E-state index is -0.420. The van der Waals surface area contributed by atoms with Crippen molar-refractivity contribution in [3.63, 3.8) is 0 Å². The third-order valence-electron chi connectivity index (χ3n) is 8.04. The molecule has 1 unspecified atom stereocenters. The van der Waals surface area contributed by atoms with E-state index in [1.165, 1.54) is 12.1 Å². The van der Waals surface area contributed by atoms with Crippen molar-refractivity contribution < 1.29 is 14.0 Å². The van der Waals surface area contributed by atoms with Gasteiger partial charge in [-0.05, 0) is 80.2 Å². The number of Topliss-reactive ketones (excluding diaryl/α,β-unsaturated/α-hetero) is 1. The monoisotopic (exact) mass is 581 g/mol. The van der Waals surface area contributed by atoms with Gasteiger partial charge in [-0.1, -0.05) is 68.8 Å². The molecule has 43 heavy (non-hydrogen) atoms. The number of hydrogen-bond acceptors (Lipinski definition) is 4. The number of hydrogen-bond donors (Lipinski definition) is 3. The van der Waals surface area contributed by atoms with Crippen LogP contribution in [-0.2, 0) is 16.6 Å². The predicted octanol–water partition coefficient (Wildman–Crippen LogP) is 7.16. The molecule has 3 aromatic carbocycles. The summed E-state index contributed by atoms with van der Waals surface area (Å²) >= 11 is 0. The van der Waals surface area contributed by atoms with E-state index < -0.39 is 11.9 Å². The number of para-hydroxylation sites is 1. The van der Waals surface area contributed by atoms with E-state index in [2.05, 4.69) is 36.7 Å². The molecule has 1 saturated heterocycles. The number of nitrogens with zero attached hydrogens (tertiary/aromatic N) is 2. The van der Waals surface area contributed by atoms with Gasteiger partial charge in [0.2, 0.25) is 0 Å². The zero-order chi connectivity index (χ0) is 30.6. The summed E-state index contributed by atoms with van der Waals surface area (Å²) in [4.78, 5) is 27.4. The normalized spacial score (nSPS) is 14.7. The highest BCUT2D eigenvalue weighted by Crippen LogP contribution is 2.37. The molecule has 4 aromatic rings. The average Bonchev–Trinajstić information content (AvgIpc) is 3.40. The third kappa shape index (κ3) is 7.38. The number of aryl methyl sites for hydroxylation is 1. The fourth-order valence-electron chi connectivity index (χ4n) is 5.65. The van der Waals surface area contributed by atoms with Gasteiger partial charge in [-0.2, -0.15) is 5.10 Å². The lowest BCUT2D eigenvalue weighted by molar-refractivity contribution is -0.121. The van der Waals surface area contributed by atoms with Crippen molar-refractivity contribution >= 4 is 23.3 Å². The van der Waals surface area contributed by atoms with Crippen LogP contribution in [0, 0.1) is 18.7 Å². The Balaban J connectivity index is 1.42. The molecule has 8 heteroatoms. The van der Waals surface area contributed by atoms with Gasteiger partial charge in [0.15, 0.2) is 0 Å². The molecule has 0 spiro atoms. The number of ketones is 1. The molecule has 1 aromatic heterocycles. The highest BCUT2D eigenvalue weighted by molar-refractivity contribution is 6.01. The number of halogens is 1. The lowest BCUT2D eigenvalue weighted by Crippen LogP contribution is -2.34. The summed E-state index contributed by atoms with van der Waals surface area (Å²) in [6.45, 7) is 9.94. The molecule has 0 saturated carbocycles. The standard InChI is InChI=1S/C35H40FN5O2/c1-23-9-15-27(16-10-23)41-32(22-31(40-41)35(2,3)4)39-34(43)38-29-8-6-5-7-28(29)33(25-17-19-37-20-18-25)30(42)21-24-11-13-26(36)14-12-24/h5-16,22,25,33,37H,17-21H2,1-4H3,(H2,38,39,43). The van der Waals surface area contributed by atoms with Gasteiger partial charge < -0.3 is 10.6 Å². The molecule has 1 fully saturated rings. The molecule has 0 bridgehead atoms. The zero-order valence-corrected chi connectivity index (χ0v) is 25.3. The minimum absolute atomic E-state index is 0.0560. The maximum Gasteiger partial charge on any atom is 0.324 e. The number of rotatable bonds is 8. The van der Waals surface area contributed by atoms with Crippen LogP contribution in [-0.4, -0.2) is 34.7 Å². The molecule has 1 atom stereocenters. The number of carbonyl (C=O) groups excluding carboxylic acids is 2. The van der Waals surface area contributed by atoms with E-state index in [9.17, 15) is 14.0 Å². The van der Waals surface area contributed by atoms with Crippen molar-refractivity contribution in [3.8, 4) is 5.69 Å². The second-order valence-electron chi connectivity index (χ2n) is 12.4. The summed E-state index contributed by atoms with van der Waals surface area (Å²) < 4.78 is 15.3. The molecular formula is C35H40FN5O2. The van der Waals surface area contributed by atoms with Gasteiger partial charge >= 0.3 is 6.03 Å². The first-order valence-corrected chi connectivity index (χ1v) is 14.9. The lowest BCUT2D eigenvalue weighted by atomic mass is 9.76. The summed E-state index contributed by atoms with van der Waals surface area (Å²) in [5.41, 5.74) is 4.76. The second-order valence-corrected chi connectivity index (χ2v) is 12.4. The summed E-state index contributed by atoms with van der Waals surface area (Å²) in [6.07, 6.45) is 1.90. The van der Waals surface area contributed by atoms with Crippen molar-refractivity contribution in [2.24, 2.45) is 5.92 Å². The van der Waals surface area contributed by atoms with E-state index in [4.69, 9.17) is 5.10 Å². The molecule has 5 rings (SSSR count). The molecule has 3 N–H and O–H groups in total. The van der Waals surface area contributed by atoms with Crippen LogP contribution >= 0.6 is 0 Å². The number of anilines is 2. The van der Waals surface area contributed by atoms with Crippen molar-refractivity contribution in [2.75, 3.05) is 23.7 Å². The van der Waals surface area contributed by atoms with Gasteiger partial charge in [-0.3, -0.25) is 10.1 Å². The number of piperidine rings is 1. The van der Waals surface area contributed by atoms with E-state index in [0.717, 1.165) is 54.0 Å². The summed E-state index contributed by atoms with van der Waals surface area (Å²) in [7, 11) is 0. The van der Waals surface area contributed by atoms with Gasteiger partial charge in [-0.25, -0.2) is 13.9 Å². The number of nitrogens with one attached hydrogen (secondary N) is 3. The Morgan fingerprint density at radius 2 is 1.65 bits per heavy atom. The average molecular weight is 582 g/mol. The Hall–Kier alpha value is -4.30. The Morgan fingerprint density at radius 1 is 0.977 bits per heavy atom. The highest BCUT2D eigenvalue weighted by atomic mass is 19.1. The van der Waals surface area contributed by atoms with Crippen LogP contribution in [0.4, 0.5) is 20.7 Å². The second kappa shape index (κ2) is 12.9. The Kier molecular flexibility index (Phi) is 9.06. The first-order chi connectivity index (χ1) is 20.6. The van der Waals surface area contributed by atoms with Gasteiger partial charge in [0.1, 0.15) is 17.4 Å².